The monoisotopic (exact) mass is 332 g/mol. The fraction of sp³-hybridized carbons (Fsp3) is 0.278. The summed E-state index contributed by atoms with van der Waals surface area (Å²) in [7, 11) is 0. The first-order valence-electron chi connectivity index (χ1n) is 7.63. The summed E-state index contributed by atoms with van der Waals surface area (Å²) in [5.41, 5.74) is 2.03. The van der Waals surface area contributed by atoms with E-state index in [4.69, 9.17) is 11.6 Å². The Morgan fingerprint density at radius 2 is 1.87 bits per heavy atom. The number of hydrogen-bond donors (Lipinski definition) is 3. The van der Waals surface area contributed by atoms with E-state index in [2.05, 4.69) is 10.6 Å². The third kappa shape index (κ3) is 5.49. The second-order valence-corrected chi connectivity index (χ2v) is 5.82. The fourth-order valence-electron chi connectivity index (χ4n) is 2.31. The molecule has 4 nitrogen and oxygen atoms in total. The number of halogens is 1. The Balaban J connectivity index is 1.71. The molecule has 2 aromatic rings. The second kappa shape index (κ2) is 8.44. The summed E-state index contributed by atoms with van der Waals surface area (Å²) in [5.74, 6) is 0.264. The van der Waals surface area contributed by atoms with E-state index in [1.807, 2.05) is 43.3 Å². The molecule has 0 aromatic heterocycles. The number of carbonyl (C=O) groups is 1. The van der Waals surface area contributed by atoms with Gasteiger partial charge in [-0.15, -0.1) is 0 Å². The molecule has 0 spiro atoms. The summed E-state index contributed by atoms with van der Waals surface area (Å²) in [6.07, 6.45) is 1.68. The molecule has 2 rings (SSSR count). The lowest BCUT2D eigenvalue weighted by atomic mass is 10.1. The topological polar surface area (TPSA) is 61.4 Å². The Morgan fingerprint density at radius 1 is 1.17 bits per heavy atom. The summed E-state index contributed by atoms with van der Waals surface area (Å²) in [6.45, 7) is 2.49. The van der Waals surface area contributed by atoms with Crippen molar-refractivity contribution in [2.75, 3.05) is 6.54 Å². The highest BCUT2D eigenvalue weighted by atomic mass is 35.5. The lowest BCUT2D eigenvalue weighted by molar-refractivity contribution is 0.238. The molecule has 3 N–H and O–H groups in total. The standard InChI is InChI=1S/C18H21ClN2O2/c1-13(16-6-2-3-7-17(16)19)21-18(23)20-12-4-5-14-8-10-15(22)11-9-14/h2-3,6-11,13,22H,4-5,12H2,1H3,(H2,20,21,23). The lowest BCUT2D eigenvalue weighted by Crippen LogP contribution is -2.37. The van der Waals surface area contributed by atoms with Crippen LogP contribution in [0.15, 0.2) is 48.5 Å². The summed E-state index contributed by atoms with van der Waals surface area (Å²) in [6, 6.07) is 14.2. The maximum atomic E-state index is 11.9. The van der Waals surface area contributed by atoms with E-state index < -0.39 is 0 Å². The average Bonchev–Trinajstić information content (AvgIpc) is 2.53. The molecular weight excluding hydrogens is 312 g/mol. The minimum atomic E-state index is -0.205. The van der Waals surface area contributed by atoms with Gasteiger partial charge in [-0.25, -0.2) is 4.79 Å². The normalized spacial score (nSPS) is 11.7. The van der Waals surface area contributed by atoms with Gasteiger partial charge in [0.15, 0.2) is 0 Å². The number of amides is 2. The van der Waals surface area contributed by atoms with Crippen LogP contribution in [0.3, 0.4) is 0 Å². The van der Waals surface area contributed by atoms with Gasteiger partial charge in [-0.3, -0.25) is 0 Å². The van der Waals surface area contributed by atoms with E-state index in [0.717, 1.165) is 24.0 Å². The Morgan fingerprint density at radius 3 is 2.57 bits per heavy atom. The van der Waals surface area contributed by atoms with Gasteiger partial charge in [0, 0.05) is 11.6 Å². The van der Waals surface area contributed by atoms with Gasteiger partial charge in [0.05, 0.1) is 6.04 Å². The number of aryl methyl sites for hydroxylation is 1. The molecule has 1 unspecified atom stereocenters. The molecule has 0 aliphatic carbocycles. The first-order chi connectivity index (χ1) is 11.1. The van der Waals surface area contributed by atoms with Gasteiger partial charge in [0.1, 0.15) is 5.75 Å². The maximum Gasteiger partial charge on any atom is 0.315 e. The molecule has 0 aliphatic heterocycles. The van der Waals surface area contributed by atoms with Crippen molar-refractivity contribution >= 4 is 17.6 Å². The van der Waals surface area contributed by atoms with Crippen LogP contribution in [0.4, 0.5) is 4.79 Å². The molecule has 0 saturated heterocycles. The van der Waals surface area contributed by atoms with Gasteiger partial charge in [0.25, 0.3) is 0 Å². The zero-order valence-corrected chi connectivity index (χ0v) is 13.8. The lowest BCUT2D eigenvalue weighted by Gasteiger charge is -2.16. The fourth-order valence-corrected chi connectivity index (χ4v) is 2.61. The average molecular weight is 333 g/mol. The Hall–Kier alpha value is -2.20. The zero-order chi connectivity index (χ0) is 16.7. The SMILES string of the molecule is CC(NC(=O)NCCCc1ccc(O)cc1)c1ccccc1Cl. The smallest absolute Gasteiger partial charge is 0.315 e. The van der Waals surface area contributed by atoms with Crippen LogP contribution in [0.25, 0.3) is 0 Å². The van der Waals surface area contributed by atoms with Gasteiger partial charge >= 0.3 is 6.03 Å². The van der Waals surface area contributed by atoms with E-state index in [0.29, 0.717) is 11.6 Å². The quantitative estimate of drug-likeness (QED) is 0.699. The first kappa shape index (κ1) is 17.2. The Labute approximate surface area is 141 Å². The van der Waals surface area contributed by atoms with Crippen LogP contribution in [0, 0.1) is 0 Å². The number of hydrogen-bond acceptors (Lipinski definition) is 2. The molecule has 2 aromatic carbocycles. The van der Waals surface area contributed by atoms with E-state index in [1.54, 1.807) is 12.1 Å². The molecule has 2 amide bonds. The Bertz CT molecular complexity index is 644. The number of phenols is 1. The highest BCUT2D eigenvalue weighted by Gasteiger charge is 2.11. The minimum Gasteiger partial charge on any atom is -0.508 e. The molecule has 1 atom stereocenters. The van der Waals surface area contributed by atoms with Gasteiger partial charge < -0.3 is 15.7 Å². The predicted octanol–water partition coefficient (Wildman–Crippen LogP) is 4.04. The van der Waals surface area contributed by atoms with Crippen molar-refractivity contribution in [3.8, 4) is 5.75 Å². The molecule has 0 bridgehead atoms. The molecule has 5 heteroatoms. The summed E-state index contributed by atoms with van der Waals surface area (Å²) in [5, 5.41) is 15.6. The van der Waals surface area contributed by atoms with Crippen molar-refractivity contribution in [1.82, 2.24) is 10.6 Å². The van der Waals surface area contributed by atoms with E-state index in [1.165, 1.54) is 0 Å². The van der Waals surface area contributed by atoms with Crippen LogP contribution in [0.2, 0.25) is 5.02 Å². The van der Waals surface area contributed by atoms with Crippen molar-refractivity contribution in [1.29, 1.82) is 0 Å². The first-order valence-corrected chi connectivity index (χ1v) is 8.01. The summed E-state index contributed by atoms with van der Waals surface area (Å²) < 4.78 is 0. The molecule has 23 heavy (non-hydrogen) atoms. The molecule has 0 radical (unpaired) electrons. The Kier molecular flexibility index (Phi) is 6.29. The van der Waals surface area contributed by atoms with Crippen molar-refractivity contribution in [3.05, 3.63) is 64.7 Å². The number of phenolic OH excluding ortho intramolecular Hbond substituents is 1. The van der Waals surface area contributed by atoms with Gasteiger partial charge in [-0.05, 0) is 49.1 Å². The molecular formula is C18H21ClN2O2. The zero-order valence-electron chi connectivity index (χ0n) is 13.1. The van der Waals surface area contributed by atoms with Crippen molar-refractivity contribution in [3.63, 3.8) is 0 Å². The highest BCUT2D eigenvalue weighted by molar-refractivity contribution is 6.31. The second-order valence-electron chi connectivity index (χ2n) is 5.41. The van der Waals surface area contributed by atoms with Gasteiger partial charge in [0.2, 0.25) is 0 Å². The van der Waals surface area contributed by atoms with Crippen LogP contribution < -0.4 is 10.6 Å². The molecule has 0 saturated carbocycles. The molecule has 0 heterocycles. The van der Waals surface area contributed by atoms with Crippen molar-refractivity contribution in [2.24, 2.45) is 0 Å². The van der Waals surface area contributed by atoms with Crippen molar-refractivity contribution < 1.29 is 9.90 Å². The third-order valence-electron chi connectivity index (χ3n) is 3.58. The molecule has 0 fully saturated rings. The number of benzene rings is 2. The largest absolute Gasteiger partial charge is 0.508 e. The van der Waals surface area contributed by atoms with E-state index >= 15 is 0 Å². The van der Waals surface area contributed by atoms with Crippen molar-refractivity contribution in [2.45, 2.75) is 25.8 Å². The molecule has 0 aliphatic rings. The number of nitrogens with one attached hydrogen (secondary N) is 2. The predicted molar refractivity (Wildman–Crippen MR) is 92.8 cm³/mol. The highest BCUT2D eigenvalue weighted by Crippen LogP contribution is 2.21. The summed E-state index contributed by atoms with van der Waals surface area (Å²) >= 11 is 6.12. The van der Waals surface area contributed by atoms with E-state index in [9.17, 15) is 9.90 Å². The number of rotatable bonds is 6. The molecule has 122 valence electrons. The van der Waals surface area contributed by atoms with Crippen LogP contribution in [-0.2, 0) is 6.42 Å². The maximum absolute atomic E-state index is 11.9. The number of urea groups is 1. The number of aromatic hydroxyl groups is 1. The van der Waals surface area contributed by atoms with Crippen LogP contribution in [0.5, 0.6) is 5.75 Å². The van der Waals surface area contributed by atoms with Crippen LogP contribution in [0.1, 0.15) is 30.5 Å². The van der Waals surface area contributed by atoms with Gasteiger partial charge in [-0.1, -0.05) is 41.9 Å². The van der Waals surface area contributed by atoms with Crippen LogP contribution >= 0.6 is 11.6 Å². The van der Waals surface area contributed by atoms with Gasteiger partial charge in [-0.2, -0.15) is 0 Å². The third-order valence-corrected chi connectivity index (χ3v) is 3.93. The number of carbonyl (C=O) groups excluding carboxylic acids is 1. The minimum absolute atomic E-state index is 0.152. The van der Waals surface area contributed by atoms with E-state index in [-0.39, 0.29) is 17.8 Å². The summed E-state index contributed by atoms with van der Waals surface area (Å²) in [4.78, 5) is 11.9. The van der Waals surface area contributed by atoms with Crippen LogP contribution in [-0.4, -0.2) is 17.7 Å².